The molecule has 0 aliphatic heterocycles. The van der Waals surface area contributed by atoms with E-state index in [-0.39, 0.29) is 11.6 Å². The van der Waals surface area contributed by atoms with Crippen LogP contribution in [0.25, 0.3) is 11.3 Å². The smallest absolute Gasteiger partial charge is 0.275 e. The molecule has 7 nitrogen and oxygen atoms in total. The van der Waals surface area contributed by atoms with Crippen molar-refractivity contribution >= 4 is 23.1 Å². The molecule has 4 rings (SSSR count). The Kier molecular flexibility index (Phi) is 4.97. The summed E-state index contributed by atoms with van der Waals surface area (Å²) in [7, 11) is 0. The minimum atomic E-state index is -0.308. The van der Waals surface area contributed by atoms with Gasteiger partial charge in [0.1, 0.15) is 17.8 Å². The van der Waals surface area contributed by atoms with Crippen molar-refractivity contribution in [1.29, 1.82) is 0 Å². The Morgan fingerprint density at radius 1 is 0.821 bits per heavy atom. The number of carbonyl (C=O) groups excluding carboxylic acids is 1. The van der Waals surface area contributed by atoms with Crippen molar-refractivity contribution in [3.05, 3.63) is 91.3 Å². The fraction of sp³-hybridized carbons (Fsp3) is 0. The van der Waals surface area contributed by atoms with Gasteiger partial charge in [0, 0.05) is 35.4 Å². The van der Waals surface area contributed by atoms with E-state index in [1.54, 1.807) is 12.1 Å². The normalized spacial score (nSPS) is 10.3. The van der Waals surface area contributed by atoms with E-state index in [9.17, 15) is 4.79 Å². The van der Waals surface area contributed by atoms with Gasteiger partial charge in [0.25, 0.3) is 5.91 Å². The number of hydrogen-bond acceptors (Lipinski definition) is 6. The molecule has 136 valence electrons. The van der Waals surface area contributed by atoms with Crippen LogP contribution < -0.4 is 10.6 Å². The van der Waals surface area contributed by atoms with Crippen LogP contribution in [0.2, 0.25) is 0 Å². The molecule has 4 aromatic rings. The predicted molar refractivity (Wildman–Crippen MR) is 107 cm³/mol. The van der Waals surface area contributed by atoms with Crippen LogP contribution in [0.4, 0.5) is 17.2 Å². The van der Waals surface area contributed by atoms with E-state index in [2.05, 4.69) is 30.6 Å². The van der Waals surface area contributed by atoms with Gasteiger partial charge in [-0.15, -0.1) is 0 Å². The second-order valence-corrected chi connectivity index (χ2v) is 5.90. The summed E-state index contributed by atoms with van der Waals surface area (Å²) in [6.45, 7) is 0. The first kappa shape index (κ1) is 17.3. The summed E-state index contributed by atoms with van der Waals surface area (Å²) in [4.78, 5) is 28.6. The molecular formula is C21H16N6O. The highest BCUT2D eigenvalue weighted by atomic mass is 16.1. The molecule has 0 unspecified atom stereocenters. The van der Waals surface area contributed by atoms with E-state index in [0.717, 1.165) is 16.9 Å². The van der Waals surface area contributed by atoms with Gasteiger partial charge < -0.3 is 10.6 Å². The quantitative estimate of drug-likeness (QED) is 0.554. The van der Waals surface area contributed by atoms with Gasteiger partial charge in [0.15, 0.2) is 0 Å². The maximum atomic E-state index is 12.1. The summed E-state index contributed by atoms with van der Waals surface area (Å²) >= 11 is 0. The summed E-state index contributed by atoms with van der Waals surface area (Å²) in [5, 5.41) is 6.03. The van der Waals surface area contributed by atoms with Gasteiger partial charge >= 0.3 is 0 Å². The number of rotatable bonds is 5. The lowest BCUT2D eigenvalue weighted by Gasteiger charge is -2.09. The average Bonchev–Trinajstić information content (AvgIpc) is 2.76. The van der Waals surface area contributed by atoms with Gasteiger partial charge in [-0.1, -0.05) is 30.3 Å². The van der Waals surface area contributed by atoms with Gasteiger partial charge in [-0.2, -0.15) is 0 Å². The lowest BCUT2D eigenvalue weighted by atomic mass is 10.1. The Hall–Kier alpha value is -4.13. The lowest BCUT2D eigenvalue weighted by Crippen LogP contribution is -2.13. The molecule has 2 heterocycles. The topological polar surface area (TPSA) is 92.7 Å². The molecule has 0 aliphatic carbocycles. The Labute approximate surface area is 161 Å². The standard InChI is InChI=1S/C21H16N6O/c28-21(19-13-22-10-11-23-19)27-17-8-6-16(7-9-17)26-20-12-18(24-14-25-20)15-4-2-1-3-5-15/h1-14H,(H,27,28)(H,24,25,26). The number of anilines is 3. The second kappa shape index (κ2) is 8.05. The van der Waals surface area contributed by atoms with E-state index >= 15 is 0 Å². The Balaban J connectivity index is 1.44. The van der Waals surface area contributed by atoms with Crippen molar-refractivity contribution in [2.45, 2.75) is 0 Å². The first-order valence-corrected chi connectivity index (χ1v) is 8.60. The van der Waals surface area contributed by atoms with Gasteiger partial charge in [-0.25, -0.2) is 15.0 Å². The number of nitrogens with one attached hydrogen (secondary N) is 2. The maximum absolute atomic E-state index is 12.1. The van der Waals surface area contributed by atoms with Gasteiger partial charge in [0.05, 0.1) is 11.9 Å². The zero-order valence-electron chi connectivity index (χ0n) is 14.8. The summed E-state index contributed by atoms with van der Waals surface area (Å²) in [6, 6.07) is 19.1. The van der Waals surface area contributed by atoms with E-state index < -0.39 is 0 Å². The molecule has 0 bridgehead atoms. The number of nitrogens with zero attached hydrogens (tertiary/aromatic N) is 4. The van der Waals surface area contributed by atoms with Crippen LogP contribution in [0.15, 0.2) is 85.6 Å². The lowest BCUT2D eigenvalue weighted by molar-refractivity contribution is 0.102. The van der Waals surface area contributed by atoms with Crippen LogP contribution in [-0.4, -0.2) is 25.8 Å². The van der Waals surface area contributed by atoms with Crippen molar-refractivity contribution in [3.8, 4) is 11.3 Å². The number of carbonyl (C=O) groups is 1. The third kappa shape index (κ3) is 4.16. The van der Waals surface area contributed by atoms with Crippen molar-refractivity contribution < 1.29 is 4.79 Å². The Bertz CT molecular complexity index is 1070. The zero-order valence-corrected chi connectivity index (χ0v) is 14.8. The van der Waals surface area contributed by atoms with Crippen LogP contribution in [-0.2, 0) is 0 Å². The van der Waals surface area contributed by atoms with Crippen LogP contribution in [0.5, 0.6) is 0 Å². The van der Waals surface area contributed by atoms with Crippen molar-refractivity contribution in [2.24, 2.45) is 0 Å². The molecule has 0 spiro atoms. The molecule has 0 fully saturated rings. The molecule has 0 saturated heterocycles. The number of benzene rings is 2. The van der Waals surface area contributed by atoms with Crippen LogP contribution in [0.3, 0.4) is 0 Å². The molecule has 28 heavy (non-hydrogen) atoms. The molecule has 7 heteroatoms. The first-order valence-electron chi connectivity index (χ1n) is 8.60. The summed E-state index contributed by atoms with van der Waals surface area (Å²) in [5.41, 5.74) is 3.63. The number of aromatic nitrogens is 4. The summed E-state index contributed by atoms with van der Waals surface area (Å²) in [5.74, 6) is 0.377. The Morgan fingerprint density at radius 2 is 1.61 bits per heavy atom. The highest BCUT2D eigenvalue weighted by Crippen LogP contribution is 2.22. The van der Waals surface area contributed by atoms with Crippen molar-refractivity contribution in [3.63, 3.8) is 0 Å². The molecule has 2 aromatic heterocycles. The maximum Gasteiger partial charge on any atom is 0.275 e. The molecule has 0 aliphatic rings. The van der Waals surface area contributed by atoms with Gasteiger partial charge in [-0.3, -0.25) is 9.78 Å². The van der Waals surface area contributed by atoms with Crippen molar-refractivity contribution in [1.82, 2.24) is 19.9 Å². The third-order valence-corrected chi connectivity index (χ3v) is 3.95. The van der Waals surface area contributed by atoms with Gasteiger partial charge in [-0.05, 0) is 24.3 Å². The zero-order chi connectivity index (χ0) is 19.2. The molecule has 0 saturated carbocycles. The molecule has 2 N–H and O–H groups in total. The fourth-order valence-corrected chi connectivity index (χ4v) is 2.59. The first-order chi connectivity index (χ1) is 13.8. The van der Waals surface area contributed by atoms with Crippen LogP contribution in [0.1, 0.15) is 10.5 Å². The SMILES string of the molecule is O=C(Nc1ccc(Nc2cc(-c3ccccc3)ncn2)cc1)c1cnccn1. The van der Waals surface area contributed by atoms with E-state index in [4.69, 9.17) is 0 Å². The summed E-state index contributed by atoms with van der Waals surface area (Å²) in [6.07, 6.45) is 5.95. The van der Waals surface area contributed by atoms with Crippen molar-refractivity contribution in [2.75, 3.05) is 10.6 Å². The Morgan fingerprint density at radius 3 is 2.36 bits per heavy atom. The van der Waals surface area contributed by atoms with Gasteiger partial charge in [0.2, 0.25) is 0 Å². The highest BCUT2D eigenvalue weighted by molar-refractivity contribution is 6.02. The molecule has 2 aromatic carbocycles. The third-order valence-electron chi connectivity index (χ3n) is 3.95. The van der Waals surface area contributed by atoms with E-state index in [1.165, 1.54) is 24.9 Å². The molecule has 0 atom stereocenters. The molecular weight excluding hydrogens is 352 g/mol. The largest absolute Gasteiger partial charge is 0.340 e. The molecule has 0 radical (unpaired) electrons. The van der Waals surface area contributed by atoms with E-state index in [1.807, 2.05) is 48.5 Å². The number of hydrogen-bond donors (Lipinski definition) is 2. The summed E-state index contributed by atoms with van der Waals surface area (Å²) < 4.78 is 0. The van der Waals surface area contributed by atoms with Crippen LogP contribution in [0, 0.1) is 0 Å². The number of amides is 1. The molecule has 1 amide bonds. The second-order valence-electron chi connectivity index (χ2n) is 5.90. The minimum Gasteiger partial charge on any atom is -0.340 e. The van der Waals surface area contributed by atoms with Crippen LogP contribution >= 0.6 is 0 Å². The monoisotopic (exact) mass is 368 g/mol. The average molecular weight is 368 g/mol. The van der Waals surface area contributed by atoms with E-state index in [0.29, 0.717) is 11.5 Å². The minimum absolute atomic E-state index is 0.263. The fourth-order valence-electron chi connectivity index (χ4n) is 2.59. The highest BCUT2D eigenvalue weighted by Gasteiger charge is 2.07. The predicted octanol–water partition coefficient (Wildman–Crippen LogP) is 3.93.